The van der Waals surface area contributed by atoms with Gasteiger partial charge in [-0.25, -0.2) is 0 Å². The third kappa shape index (κ3) is 3.20. The van der Waals surface area contributed by atoms with Crippen molar-refractivity contribution >= 4 is 5.91 Å². The van der Waals surface area contributed by atoms with E-state index in [1.165, 1.54) is 0 Å². The zero-order valence-corrected chi connectivity index (χ0v) is 11.7. The second-order valence-corrected chi connectivity index (χ2v) is 4.93. The van der Waals surface area contributed by atoms with Crippen molar-refractivity contribution in [2.24, 2.45) is 0 Å². The minimum atomic E-state index is -0.163. The lowest BCUT2D eigenvalue weighted by molar-refractivity contribution is 0.0741. The maximum atomic E-state index is 12.2. The zero-order chi connectivity index (χ0) is 13.8. The van der Waals surface area contributed by atoms with E-state index < -0.39 is 0 Å². The molecular weight excluding hydrogens is 244 g/mol. The third-order valence-corrected chi connectivity index (χ3v) is 3.36. The number of hydrogen-bond acceptors (Lipinski definition) is 5. The molecule has 6 heteroatoms. The van der Waals surface area contributed by atoms with Gasteiger partial charge in [-0.15, -0.1) is 10.2 Å². The van der Waals surface area contributed by atoms with Crippen LogP contribution in [0.4, 0.5) is 0 Å². The van der Waals surface area contributed by atoms with Crippen molar-refractivity contribution in [2.75, 3.05) is 27.2 Å². The second-order valence-electron chi connectivity index (χ2n) is 4.93. The van der Waals surface area contributed by atoms with Crippen molar-refractivity contribution in [1.29, 1.82) is 0 Å². The third-order valence-electron chi connectivity index (χ3n) is 3.36. The summed E-state index contributed by atoms with van der Waals surface area (Å²) in [6.07, 6.45) is 5.38. The van der Waals surface area contributed by atoms with Crippen molar-refractivity contribution in [3.63, 3.8) is 0 Å². The summed E-state index contributed by atoms with van der Waals surface area (Å²) in [6.45, 7) is 3.39. The van der Waals surface area contributed by atoms with Crippen LogP contribution in [0.25, 0.3) is 0 Å². The second kappa shape index (κ2) is 5.97. The highest BCUT2D eigenvalue weighted by molar-refractivity contribution is 5.89. The van der Waals surface area contributed by atoms with Crippen LogP contribution in [-0.2, 0) is 6.42 Å². The molecule has 2 heterocycles. The quantitative estimate of drug-likeness (QED) is 0.758. The van der Waals surface area contributed by atoms with Crippen LogP contribution >= 0.6 is 0 Å². The number of carbonyl (C=O) groups is 1. The van der Waals surface area contributed by atoms with Crippen LogP contribution in [0.1, 0.15) is 29.9 Å². The van der Waals surface area contributed by atoms with E-state index in [-0.39, 0.29) is 11.8 Å². The summed E-state index contributed by atoms with van der Waals surface area (Å²) in [5.41, 5.74) is 0. The first-order valence-corrected chi connectivity index (χ1v) is 6.51. The van der Waals surface area contributed by atoms with Crippen molar-refractivity contribution in [3.8, 4) is 0 Å². The Bertz CT molecular complexity index is 467. The van der Waals surface area contributed by atoms with Gasteiger partial charge in [-0.2, -0.15) is 0 Å². The monoisotopic (exact) mass is 264 g/mol. The molecule has 0 radical (unpaired) electrons. The molecular formula is C13H20N4O2. The Kier molecular flexibility index (Phi) is 4.31. The number of aromatic nitrogens is 2. The smallest absolute Gasteiger partial charge is 0.311 e. The van der Waals surface area contributed by atoms with Gasteiger partial charge in [-0.05, 0) is 27.4 Å². The van der Waals surface area contributed by atoms with Crippen LogP contribution in [0, 0.1) is 0 Å². The molecule has 1 saturated heterocycles. The fraction of sp³-hybridized carbons (Fsp3) is 0.615. The molecule has 1 aliphatic heterocycles. The molecule has 104 valence electrons. The number of nitrogens with zero attached hydrogens (tertiary/aromatic N) is 4. The van der Waals surface area contributed by atoms with Gasteiger partial charge >= 0.3 is 11.8 Å². The molecule has 0 N–H and O–H groups in total. The number of likely N-dealkylation sites (N-methyl/N-ethyl adjacent to an activating group) is 1. The van der Waals surface area contributed by atoms with Gasteiger partial charge < -0.3 is 14.2 Å². The molecule has 19 heavy (non-hydrogen) atoms. The van der Waals surface area contributed by atoms with Gasteiger partial charge in [0.25, 0.3) is 0 Å². The topological polar surface area (TPSA) is 62.5 Å². The standard InChI is InChI=1S/C13H20N4O2/c1-4-5-6-11-14-15-12(19-11)13(18)17-8-7-10(9-17)16(2)3/h4-5,10H,6-9H2,1-3H3/b5-4+/t10-/m0/s1. The molecule has 1 aliphatic rings. The fourth-order valence-electron chi connectivity index (χ4n) is 2.12. The van der Waals surface area contributed by atoms with Gasteiger partial charge in [0.15, 0.2) is 0 Å². The molecule has 1 atom stereocenters. The summed E-state index contributed by atoms with van der Waals surface area (Å²) in [4.78, 5) is 16.1. The van der Waals surface area contributed by atoms with Gasteiger partial charge in [0.2, 0.25) is 5.89 Å². The predicted molar refractivity (Wildman–Crippen MR) is 70.8 cm³/mol. The lowest BCUT2D eigenvalue weighted by Crippen LogP contribution is -2.34. The molecule has 0 saturated carbocycles. The number of amides is 1. The van der Waals surface area contributed by atoms with E-state index in [4.69, 9.17) is 4.42 Å². The van der Waals surface area contributed by atoms with E-state index in [1.807, 2.05) is 33.2 Å². The largest absolute Gasteiger partial charge is 0.417 e. The van der Waals surface area contributed by atoms with E-state index in [0.717, 1.165) is 19.5 Å². The molecule has 0 aromatic carbocycles. The Balaban J connectivity index is 1.98. The summed E-state index contributed by atoms with van der Waals surface area (Å²) in [6, 6.07) is 0.411. The highest BCUT2D eigenvalue weighted by Gasteiger charge is 2.30. The highest BCUT2D eigenvalue weighted by atomic mass is 16.4. The maximum Gasteiger partial charge on any atom is 0.311 e. The SMILES string of the molecule is C/C=C/Cc1nnc(C(=O)N2CC[C@H](N(C)C)C2)o1. The summed E-state index contributed by atoms with van der Waals surface area (Å²) >= 11 is 0. The van der Waals surface area contributed by atoms with E-state index in [1.54, 1.807) is 4.90 Å². The van der Waals surface area contributed by atoms with Crippen LogP contribution in [0.5, 0.6) is 0 Å². The van der Waals surface area contributed by atoms with Crippen LogP contribution in [0.3, 0.4) is 0 Å². The molecule has 0 spiro atoms. The normalized spacial score (nSPS) is 19.8. The number of carbonyl (C=O) groups excluding carboxylic acids is 1. The van der Waals surface area contributed by atoms with Crippen LogP contribution in [-0.4, -0.2) is 59.1 Å². The van der Waals surface area contributed by atoms with Gasteiger partial charge in [-0.1, -0.05) is 12.2 Å². The Morgan fingerprint density at radius 1 is 1.53 bits per heavy atom. The minimum Gasteiger partial charge on any atom is -0.417 e. The molecule has 2 rings (SSSR count). The number of allylic oxidation sites excluding steroid dienone is 2. The van der Waals surface area contributed by atoms with Gasteiger partial charge in [0.1, 0.15) is 0 Å². The fourth-order valence-corrected chi connectivity index (χ4v) is 2.12. The van der Waals surface area contributed by atoms with E-state index in [9.17, 15) is 4.79 Å². The maximum absolute atomic E-state index is 12.2. The minimum absolute atomic E-state index is 0.0962. The molecule has 1 amide bonds. The molecule has 0 bridgehead atoms. The molecule has 6 nitrogen and oxygen atoms in total. The predicted octanol–water partition coefficient (Wildman–Crippen LogP) is 0.964. The molecule has 1 fully saturated rings. The zero-order valence-electron chi connectivity index (χ0n) is 11.7. The van der Waals surface area contributed by atoms with Crippen molar-refractivity contribution in [2.45, 2.75) is 25.8 Å². The Hall–Kier alpha value is -1.69. The van der Waals surface area contributed by atoms with Gasteiger partial charge in [-0.3, -0.25) is 4.79 Å². The molecule has 0 aliphatic carbocycles. The first-order chi connectivity index (χ1) is 9.11. The number of likely N-dealkylation sites (tertiary alicyclic amines) is 1. The van der Waals surface area contributed by atoms with Gasteiger partial charge in [0, 0.05) is 25.6 Å². The van der Waals surface area contributed by atoms with Crippen molar-refractivity contribution < 1.29 is 9.21 Å². The highest BCUT2D eigenvalue weighted by Crippen LogP contribution is 2.16. The average Bonchev–Trinajstić information content (AvgIpc) is 3.04. The average molecular weight is 264 g/mol. The van der Waals surface area contributed by atoms with Crippen LogP contribution in [0.2, 0.25) is 0 Å². The molecule has 1 aromatic heterocycles. The van der Waals surface area contributed by atoms with Gasteiger partial charge in [0.05, 0.1) is 0 Å². The number of hydrogen-bond donors (Lipinski definition) is 0. The Labute approximate surface area is 113 Å². The summed E-state index contributed by atoms with van der Waals surface area (Å²) in [5.74, 6) is 0.410. The van der Waals surface area contributed by atoms with E-state index in [2.05, 4.69) is 15.1 Å². The molecule has 0 unspecified atom stereocenters. The summed E-state index contributed by atoms with van der Waals surface area (Å²) < 4.78 is 5.38. The van der Waals surface area contributed by atoms with Crippen molar-refractivity contribution in [1.82, 2.24) is 20.0 Å². The lowest BCUT2D eigenvalue weighted by atomic mass is 10.2. The molecule has 1 aromatic rings. The lowest BCUT2D eigenvalue weighted by Gasteiger charge is -2.19. The first kappa shape index (κ1) is 13.7. The number of rotatable bonds is 4. The summed E-state index contributed by atoms with van der Waals surface area (Å²) in [7, 11) is 4.06. The van der Waals surface area contributed by atoms with Crippen molar-refractivity contribution in [3.05, 3.63) is 23.9 Å². The van der Waals surface area contributed by atoms with Crippen LogP contribution < -0.4 is 0 Å². The Morgan fingerprint density at radius 3 is 2.95 bits per heavy atom. The first-order valence-electron chi connectivity index (χ1n) is 6.51. The summed E-state index contributed by atoms with van der Waals surface area (Å²) in [5, 5.41) is 7.70. The van der Waals surface area contributed by atoms with Crippen LogP contribution in [0.15, 0.2) is 16.6 Å². The van der Waals surface area contributed by atoms with E-state index >= 15 is 0 Å². The Morgan fingerprint density at radius 2 is 2.32 bits per heavy atom. The van der Waals surface area contributed by atoms with E-state index in [0.29, 0.717) is 18.4 Å².